The van der Waals surface area contributed by atoms with E-state index in [0.717, 1.165) is 61.3 Å². The van der Waals surface area contributed by atoms with Gasteiger partial charge in [-0.1, -0.05) is 12.1 Å². The minimum Gasteiger partial charge on any atom is -0.492 e. The maximum atomic E-state index is 13.9. The molecule has 1 fully saturated rings. The molecule has 2 aliphatic heterocycles. The number of aryl methyl sites for hydroxylation is 2. The number of ether oxygens (including phenoxy) is 3. The summed E-state index contributed by atoms with van der Waals surface area (Å²) in [6.45, 7) is 13.3. The highest BCUT2D eigenvalue weighted by atomic mass is 32.2. The van der Waals surface area contributed by atoms with Crippen molar-refractivity contribution < 1.29 is 37.0 Å². The summed E-state index contributed by atoms with van der Waals surface area (Å²) in [6, 6.07) is 8.02. The number of aromatic nitrogens is 4. The standard InChI is InChI=1S/C42H56N8O8S/c1-26-27(2)47-48-39(26)46-40-31-21-36(59(54,55)42(3,4)5)35(22-33(31)44-25-45-40)58-24-28-14-16-49(17-15-28)18-20-57-19-8-10-29-9-7-11-30-32(29)23-50(41(30)53)34(38(43)52)12-13-37(51)56-6/h7,9,11,21-22,25,28,34H,8,10,12-20,23-24H2,1-6H3,(H2,43,52)(H2,44,45,46,47,48)/t34-/m0/s1. The third-order valence-corrected chi connectivity index (χ3v) is 13.9. The third kappa shape index (κ3) is 9.85. The smallest absolute Gasteiger partial charge is 0.305 e. The van der Waals surface area contributed by atoms with Crippen LogP contribution in [0.3, 0.4) is 0 Å². The van der Waals surface area contributed by atoms with Gasteiger partial charge in [0.15, 0.2) is 15.7 Å². The van der Waals surface area contributed by atoms with E-state index in [1.165, 1.54) is 18.3 Å². The first-order valence-electron chi connectivity index (χ1n) is 20.1. The largest absolute Gasteiger partial charge is 0.492 e. The molecule has 4 N–H and O–H groups in total. The number of benzene rings is 2. The molecule has 4 heterocycles. The van der Waals surface area contributed by atoms with Crippen LogP contribution in [0.4, 0.5) is 11.6 Å². The van der Waals surface area contributed by atoms with Crippen LogP contribution in [0.5, 0.6) is 5.75 Å². The number of amides is 2. The van der Waals surface area contributed by atoms with Gasteiger partial charge in [0.2, 0.25) is 5.91 Å². The topological polar surface area (TPSA) is 212 Å². The lowest BCUT2D eigenvalue weighted by Crippen LogP contribution is -2.45. The van der Waals surface area contributed by atoms with Crippen LogP contribution >= 0.6 is 0 Å². The molecule has 4 aromatic rings. The van der Waals surface area contributed by atoms with Crippen molar-refractivity contribution in [3.8, 4) is 5.75 Å². The van der Waals surface area contributed by atoms with Gasteiger partial charge in [0, 0.05) is 54.4 Å². The van der Waals surface area contributed by atoms with Crippen LogP contribution in [0.2, 0.25) is 0 Å². The number of esters is 1. The van der Waals surface area contributed by atoms with Crippen molar-refractivity contribution in [2.45, 2.75) is 95.4 Å². The molecule has 2 aliphatic rings. The number of fused-ring (bicyclic) bond motifs is 2. The van der Waals surface area contributed by atoms with Gasteiger partial charge in [-0.05, 0) is 109 Å². The normalized spacial score (nSPS) is 15.7. The van der Waals surface area contributed by atoms with Gasteiger partial charge >= 0.3 is 5.97 Å². The van der Waals surface area contributed by atoms with Gasteiger partial charge in [-0.25, -0.2) is 18.4 Å². The van der Waals surface area contributed by atoms with Crippen LogP contribution in [-0.2, 0) is 41.9 Å². The van der Waals surface area contributed by atoms with E-state index in [-0.39, 0.29) is 41.9 Å². The van der Waals surface area contributed by atoms with Crippen molar-refractivity contribution >= 4 is 50.2 Å². The predicted octanol–water partition coefficient (Wildman–Crippen LogP) is 4.79. The molecular weight excluding hydrogens is 777 g/mol. The van der Waals surface area contributed by atoms with Gasteiger partial charge in [0.05, 0.1) is 30.6 Å². The second-order valence-electron chi connectivity index (χ2n) is 16.3. The quantitative estimate of drug-likeness (QED) is 0.0911. The summed E-state index contributed by atoms with van der Waals surface area (Å²) in [6.07, 6.45) is 4.82. The molecule has 0 saturated carbocycles. The van der Waals surface area contributed by atoms with Crippen molar-refractivity contribution in [1.82, 2.24) is 30.0 Å². The Balaban J connectivity index is 0.978. The number of H-pyrrole nitrogens is 1. The number of anilines is 2. The van der Waals surface area contributed by atoms with Crippen LogP contribution in [0.1, 0.15) is 85.6 Å². The Labute approximate surface area is 345 Å². The van der Waals surface area contributed by atoms with Crippen LogP contribution in [-0.4, -0.2) is 114 Å². The summed E-state index contributed by atoms with van der Waals surface area (Å²) >= 11 is 0. The summed E-state index contributed by atoms with van der Waals surface area (Å²) in [5.41, 5.74) is 10.5. The summed E-state index contributed by atoms with van der Waals surface area (Å²) in [5.74, 6) is 0.224. The minimum atomic E-state index is -3.80. The molecule has 1 saturated heterocycles. The summed E-state index contributed by atoms with van der Waals surface area (Å²) in [7, 11) is -2.52. The number of likely N-dealkylation sites (tertiary alicyclic amines) is 1. The lowest BCUT2D eigenvalue weighted by Gasteiger charge is -2.32. The van der Waals surface area contributed by atoms with Crippen LogP contribution in [0.25, 0.3) is 10.9 Å². The van der Waals surface area contributed by atoms with Crippen molar-refractivity contribution in [2.75, 3.05) is 51.9 Å². The van der Waals surface area contributed by atoms with Crippen molar-refractivity contribution in [1.29, 1.82) is 0 Å². The van der Waals surface area contributed by atoms with Crippen LogP contribution in [0.15, 0.2) is 41.6 Å². The molecule has 2 aromatic carbocycles. The molecule has 0 radical (unpaired) electrons. The van der Waals surface area contributed by atoms with Gasteiger partial charge in [-0.3, -0.25) is 19.5 Å². The van der Waals surface area contributed by atoms with Crippen LogP contribution in [0, 0.1) is 19.8 Å². The highest BCUT2D eigenvalue weighted by Gasteiger charge is 2.37. The zero-order chi connectivity index (χ0) is 42.5. The summed E-state index contributed by atoms with van der Waals surface area (Å²) < 4.78 is 43.8. The van der Waals surface area contributed by atoms with Gasteiger partial charge in [-0.15, -0.1) is 0 Å². The number of methoxy groups -OCH3 is 1. The number of nitrogens with zero attached hydrogens (tertiary/aromatic N) is 5. The zero-order valence-electron chi connectivity index (χ0n) is 34.8. The van der Waals surface area contributed by atoms with E-state index in [2.05, 4.69) is 30.4 Å². The Kier molecular flexibility index (Phi) is 13.6. The highest BCUT2D eigenvalue weighted by molar-refractivity contribution is 7.92. The Hall–Kier alpha value is -5.13. The van der Waals surface area contributed by atoms with E-state index < -0.39 is 32.5 Å². The van der Waals surface area contributed by atoms with E-state index in [1.54, 1.807) is 39.0 Å². The van der Waals surface area contributed by atoms with E-state index >= 15 is 0 Å². The van der Waals surface area contributed by atoms with Crippen molar-refractivity contribution in [3.63, 3.8) is 0 Å². The maximum Gasteiger partial charge on any atom is 0.305 e. The van der Waals surface area contributed by atoms with E-state index in [1.807, 2.05) is 26.0 Å². The number of carbonyl (C=O) groups is 3. The fourth-order valence-corrected chi connectivity index (χ4v) is 8.81. The highest BCUT2D eigenvalue weighted by Crippen LogP contribution is 2.38. The molecular formula is C42H56N8O8S. The number of hydrogen-bond acceptors (Lipinski definition) is 13. The Morgan fingerprint density at radius 3 is 2.53 bits per heavy atom. The first kappa shape index (κ1) is 43.4. The molecule has 2 amide bonds. The third-order valence-electron chi connectivity index (χ3n) is 11.4. The molecule has 16 nitrogen and oxygen atoms in total. The van der Waals surface area contributed by atoms with Gasteiger partial charge in [-0.2, -0.15) is 5.10 Å². The average Bonchev–Trinajstić information content (AvgIpc) is 3.71. The molecule has 59 heavy (non-hydrogen) atoms. The van der Waals surface area contributed by atoms with E-state index in [4.69, 9.17) is 19.9 Å². The van der Waals surface area contributed by atoms with E-state index in [9.17, 15) is 22.8 Å². The van der Waals surface area contributed by atoms with Crippen LogP contribution < -0.4 is 15.8 Å². The molecule has 0 spiro atoms. The number of piperidine rings is 1. The molecule has 0 bridgehead atoms. The van der Waals surface area contributed by atoms with E-state index in [0.29, 0.717) is 54.3 Å². The van der Waals surface area contributed by atoms with Gasteiger partial charge in [0.1, 0.15) is 28.8 Å². The molecule has 2 aromatic heterocycles. The van der Waals surface area contributed by atoms with Crippen molar-refractivity contribution in [3.05, 3.63) is 64.6 Å². The first-order chi connectivity index (χ1) is 28.1. The second kappa shape index (κ2) is 18.4. The molecule has 17 heteroatoms. The molecule has 318 valence electrons. The number of rotatable bonds is 18. The first-order valence-corrected chi connectivity index (χ1v) is 21.6. The molecule has 0 unspecified atom stereocenters. The van der Waals surface area contributed by atoms with Crippen molar-refractivity contribution in [2.24, 2.45) is 11.7 Å². The number of hydrogen-bond donors (Lipinski definition) is 3. The fraction of sp³-hybridized carbons (Fsp3) is 0.524. The minimum absolute atomic E-state index is 0.00996. The Morgan fingerprint density at radius 2 is 1.85 bits per heavy atom. The zero-order valence-corrected chi connectivity index (χ0v) is 35.6. The Morgan fingerprint density at radius 1 is 1.08 bits per heavy atom. The number of nitrogens with two attached hydrogens (primary N) is 1. The summed E-state index contributed by atoms with van der Waals surface area (Å²) in [4.78, 5) is 50.0. The maximum absolute atomic E-state index is 13.9. The van der Waals surface area contributed by atoms with Gasteiger partial charge in [0.25, 0.3) is 5.91 Å². The molecule has 1 atom stereocenters. The number of nitrogens with one attached hydrogen (secondary N) is 2. The number of carbonyl (C=O) groups excluding carboxylic acids is 3. The predicted molar refractivity (Wildman–Crippen MR) is 222 cm³/mol. The van der Waals surface area contributed by atoms with Gasteiger partial charge < -0.3 is 35.1 Å². The monoisotopic (exact) mass is 832 g/mol. The average molecular weight is 833 g/mol. The second-order valence-corrected chi connectivity index (χ2v) is 19.0. The number of sulfone groups is 1. The molecule has 0 aliphatic carbocycles. The number of primary amides is 1. The Bertz CT molecular complexity index is 2280. The SMILES string of the molecule is COC(=O)CC[C@@H](C(N)=O)N1Cc2c(CCCOCCN3CCC(COc4cc5ncnc(Nc6n[nH]c(C)c6C)c5cc4S(=O)(=O)C(C)(C)C)CC3)cccc2C1=O. The lowest BCUT2D eigenvalue weighted by atomic mass is 9.98. The molecule has 6 rings (SSSR count). The lowest BCUT2D eigenvalue weighted by molar-refractivity contribution is -0.141. The fourth-order valence-electron chi connectivity index (χ4n) is 7.49. The summed E-state index contributed by atoms with van der Waals surface area (Å²) in [5, 5.41) is 11.1. The number of aromatic amines is 1.